The average Bonchev–Trinajstić information content (AvgIpc) is 2.80. The molecule has 0 radical (unpaired) electrons. The van der Waals surface area contributed by atoms with E-state index in [2.05, 4.69) is 0 Å². The molecule has 4 heteroatoms. The maximum Gasteiger partial charge on any atom is 0.151 e. The van der Waals surface area contributed by atoms with Crippen LogP contribution in [0, 0.1) is 5.82 Å². The molecule has 0 bridgehead atoms. The minimum absolute atomic E-state index is 0.369. The lowest BCUT2D eigenvalue weighted by molar-refractivity contribution is 0.112. The van der Waals surface area contributed by atoms with Crippen LogP contribution in [0.3, 0.4) is 0 Å². The molecule has 0 atom stereocenters. The maximum absolute atomic E-state index is 13.5. The molecule has 0 spiro atoms. The van der Waals surface area contributed by atoms with Crippen molar-refractivity contribution in [2.45, 2.75) is 10.6 Å². The van der Waals surface area contributed by atoms with Crippen molar-refractivity contribution < 1.29 is 13.6 Å². The van der Waals surface area contributed by atoms with Crippen molar-refractivity contribution in [3.63, 3.8) is 0 Å². The molecular formula is C12H9FO2S. The lowest BCUT2D eigenvalue weighted by Crippen LogP contribution is -1.90. The highest BCUT2D eigenvalue weighted by atomic mass is 32.2. The molecule has 0 fully saturated rings. The summed E-state index contributed by atoms with van der Waals surface area (Å²) < 4.78 is 18.6. The summed E-state index contributed by atoms with van der Waals surface area (Å²) in [6, 6.07) is 8.06. The fraction of sp³-hybridized carbons (Fsp3) is 0.0833. The van der Waals surface area contributed by atoms with Crippen LogP contribution in [0.25, 0.3) is 0 Å². The van der Waals surface area contributed by atoms with Crippen molar-refractivity contribution in [2.75, 3.05) is 0 Å². The molecule has 2 aromatic rings. The highest BCUT2D eigenvalue weighted by molar-refractivity contribution is 7.98. The number of rotatable bonds is 4. The van der Waals surface area contributed by atoms with Gasteiger partial charge in [0.25, 0.3) is 0 Å². The molecule has 0 amide bonds. The van der Waals surface area contributed by atoms with Gasteiger partial charge in [-0.2, -0.15) is 0 Å². The van der Waals surface area contributed by atoms with Crippen LogP contribution in [0.1, 0.15) is 16.1 Å². The first kappa shape index (κ1) is 11.0. The second kappa shape index (κ2) is 4.99. The third kappa shape index (κ3) is 2.33. The summed E-state index contributed by atoms with van der Waals surface area (Å²) in [5.41, 5.74) is 0.372. The Morgan fingerprint density at radius 1 is 1.31 bits per heavy atom. The first-order chi connectivity index (χ1) is 7.81. The SMILES string of the molecule is O=Cc1cccc(F)c1SCc1ccco1. The van der Waals surface area contributed by atoms with Gasteiger partial charge in [0.2, 0.25) is 0 Å². The fourth-order valence-corrected chi connectivity index (χ4v) is 2.25. The molecule has 0 N–H and O–H groups in total. The van der Waals surface area contributed by atoms with Gasteiger partial charge in [-0.3, -0.25) is 4.79 Å². The highest BCUT2D eigenvalue weighted by Crippen LogP contribution is 2.28. The first-order valence-corrected chi connectivity index (χ1v) is 5.68. The lowest BCUT2D eigenvalue weighted by atomic mass is 10.2. The number of carbonyl (C=O) groups is 1. The number of aldehydes is 1. The van der Waals surface area contributed by atoms with E-state index >= 15 is 0 Å². The van der Waals surface area contributed by atoms with Crippen LogP contribution in [0.4, 0.5) is 4.39 Å². The van der Waals surface area contributed by atoms with Crippen LogP contribution in [-0.2, 0) is 5.75 Å². The van der Waals surface area contributed by atoms with E-state index in [9.17, 15) is 9.18 Å². The van der Waals surface area contributed by atoms with Gasteiger partial charge < -0.3 is 4.42 Å². The van der Waals surface area contributed by atoms with Crippen molar-refractivity contribution in [3.8, 4) is 0 Å². The summed E-state index contributed by atoms with van der Waals surface area (Å²) in [6.07, 6.45) is 2.23. The Morgan fingerprint density at radius 2 is 2.19 bits per heavy atom. The Hall–Kier alpha value is -1.55. The molecule has 82 valence electrons. The number of hydrogen-bond acceptors (Lipinski definition) is 3. The topological polar surface area (TPSA) is 30.2 Å². The van der Waals surface area contributed by atoms with E-state index in [0.717, 1.165) is 5.76 Å². The standard InChI is InChI=1S/C12H9FO2S/c13-11-5-1-3-9(7-14)12(11)16-8-10-4-2-6-15-10/h1-7H,8H2. The molecule has 0 aliphatic heterocycles. The number of carbonyl (C=O) groups excluding carboxylic acids is 1. The van der Waals surface area contributed by atoms with Crippen LogP contribution in [0.2, 0.25) is 0 Å². The molecule has 16 heavy (non-hydrogen) atoms. The normalized spacial score (nSPS) is 10.3. The molecule has 0 aliphatic rings. The Morgan fingerprint density at radius 3 is 2.88 bits per heavy atom. The maximum atomic E-state index is 13.5. The van der Waals surface area contributed by atoms with Gasteiger partial charge in [-0.1, -0.05) is 12.1 Å². The summed E-state index contributed by atoms with van der Waals surface area (Å²) in [5.74, 6) is 0.889. The van der Waals surface area contributed by atoms with Gasteiger partial charge in [0.1, 0.15) is 11.6 Å². The summed E-state index contributed by atoms with van der Waals surface area (Å²) in [5, 5.41) is 0. The summed E-state index contributed by atoms with van der Waals surface area (Å²) >= 11 is 1.26. The predicted octanol–water partition coefficient (Wildman–Crippen LogP) is 3.52. The summed E-state index contributed by atoms with van der Waals surface area (Å²) in [6.45, 7) is 0. The Balaban J connectivity index is 2.17. The highest BCUT2D eigenvalue weighted by Gasteiger charge is 2.09. The summed E-state index contributed by atoms with van der Waals surface area (Å²) in [7, 11) is 0. The molecular weight excluding hydrogens is 227 g/mol. The van der Waals surface area contributed by atoms with Crippen LogP contribution in [-0.4, -0.2) is 6.29 Å². The lowest BCUT2D eigenvalue weighted by Gasteiger charge is -2.04. The third-order valence-corrected chi connectivity index (χ3v) is 3.21. The number of hydrogen-bond donors (Lipinski definition) is 0. The van der Waals surface area contributed by atoms with E-state index in [-0.39, 0.29) is 5.82 Å². The Labute approximate surface area is 96.5 Å². The van der Waals surface area contributed by atoms with E-state index in [0.29, 0.717) is 22.5 Å². The van der Waals surface area contributed by atoms with Crippen molar-refractivity contribution in [1.29, 1.82) is 0 Å². The van der Waals surface area contributed by atoms with Gasteiger partial charge in [0, 0.05) is 5.56 Å². The monoisotopic (exact) mass is 236 g/mol. The molecule has 2 nitrogen and oxygen atoms in total. The van der Waals surface area contributed by atoms with Gasteiger partial charge in [0.15, 0.2) is 6.29 Å². The van der Waals surface area contributed by atoms with Crippen molar-refractivity contribution >= 4 is 18.0 Å². The fourth-order valence-electron chi connectivity index (χ4n) is 1.31. The Bertz CT molecular complexity index is 480. The molecule has 0 saturated heterocycles. The molecule has 1 aromatic carbocycles. The van der Waals surface area contributed by atoms with Crippen molar-refractivity contribution in [1.82, 2.24) is 0 Å². The van der Waals surface area contributed by atoms with Crippen LogP contribution < -0.4 is 0 Å². The third-order valence-electron chi connectivity index (χ3n) is 2.06. The average molecular weight is 236 g/mol. The van der Waals surface area contributed by atoms with Gasteiger partial charge in [-0.05, 0) is 18.2 Å². The Kier molecular flexibility index (Phi) is 3.41. The molecule has 1 aromatic heterocycles. The first-order valence-electron chi connectivity index (χ1n) is 4.70. The molecule has 2 rings (SSSR count). The zero-order chi connectivity index (χ0) is 11.4. The van der Waals surface area contributed by atoms with E-state index < -0.39 is 0 Å². The van der Waals surface area contributed by atoms with Crippen LogP contribution >= 0.6 is 11.8 Å². The molecule has 0 unspecified atom stereocenters. The zero-order valence-electron chi connectivity index (χ0n) is 8.35. The predicted molar refractivity (Wildman–Crippen MR) is 60.1 cm³/mol. The van der Waals surface area contributed by atoms with Crippen molar-refractivity contribution in [2.24, 2.45) is 0 Å². The second-order valence-electron chi connectivity index (χ2n) is 3.14. The minimum atomic E-state index is -0.374. The smallest absolute Gasteiger partial charge is 0.151 e. The quantitative estimate of drug-likeness (QED) is 0.601. The van der Waals surface area contributed by atoms with E-state index in [1.807, 2.05) is 6.07 Å². The van der Waals surface area contributed by atoms with E-state index in [1.165, 1.54) is 23.9 Å². The molecule has 1 heterocycles. The zero-order valence-corrected chi connectivity index (χ0v) is 9.17. The second-order valence-corrected chi connectivity index (χ2v) is 4.13. The van der Waals surface area contributed by atoms with Crippen LogP contribution in [0.5, 0.6) is 0 Å². The van der Waals surface area contributed by atoms with Gasteiger partial charge >= 0.3 is 0 Å². The number of halogens is 1. The minimum Gasteiger partial charge on any atom is -0.468 e. The van der Waals surface area contributed by atoms with Crippen LogP contribution in [0.15, 0.2) is 45.9 Å². The van der Waals surface area contributed by atoms with Gasteiger partial charge in [-0.25, -0.2) is 4.39 Å². The molecule has 0 saturated carbocycles. The van der Waals surface area contributed by atoms with E-state index in [4.69, 9.17) is 4.42 Å². The number of thioether (sulfide) groups is 1. The number of furan rings is 1. The van der Waals surface area contributed by atoms with Gasteiger partial charge in [0.05, 0.1) is 16.9 Å². The van der Waals surface area contributed by atoms with Crippen molar-refractivity contribution in [3.05, 3.63) is 53.7 Å². The largest absolute Gasteiger partial charge is 0.468 e. The molecule has 0 aliphatic carbocycles. The van der Waals surface area contributed by atoms with Gasteiger partial charge in [-0.15, -0.1) is 11.8 Å². The summed E-state index contributed by atoms with van der Waals surface area (Å²) in [4.78, 5) is 11.1. The number of benzene rings is 1. The van der Waals surface area contributed by atoms with E-state index in [1.54, 1.807) is 18.4 Å².